The molecular formula is C38H33Cl2N3O6S. The summed E-state index contributed by atoms with van der Waals surface area (Å²) < 4.78 is 25.0. The lowest BCUT2D eigenvalue weighted by molar-refractivity contribution is -0.113. The van der Waals surface area contributed by atoms with Gasteiger partial charge in [0.25, 0.3) is 11.5 Å². The van der Waals surface area contributed by atoms with Crippen LogP contribution >= 0.6 is 34.5 Å². The van der Waals surface area contributed by atoms with E-state index in [1.54, 1.807) is 73.2 Å². The van der Waals surface area contributed by atoms with Gasteiger partial charge in [-0.3, -0.25) is 14.2 Å². The number of nitrogens with zero attached hydrogens (tertiary/aromatic N) is 2. The number of para-hydroxylation sites is 1. The number of carbonyl (C=O) groups excluding carboxylic acids is 1. The Bertz CT molecular complexity index is 2270. The first-order valence-corrected chi connectivity index (χ1v) is 17.2. The SMILES string of the molecule is CCOc1cc(/C=c2\sc3n(c2=O)[C@@H](c2ccc(OC)c(OC)c2)C(C(=O)Nc2ccccc2)=C(C)N=3)cc(Cl)c1OCc1ccc(Cl)cc1. The molecule has 1 N–H and O–H groups in total. The van der Waals surface area contributed by atoms with Crippen molar-refractivity contribution in [3.05, 3.63) is 143 Å². The van der Waals surface area contributed by atoms with Crippen LogP contribution in [0.5, 0.6) is 23.0 Å². The maximum absolute atomic E-state index is 14.3. The number of aromatic nitrogens is 1. The summed E-state index contributed by atoms with van der Waals surface area (Å²) in [6, 6.07) is 24.5. The van der Waals surface area contributed by atoms with Gasteiger partial charge < -0.3 is 24.3 Å². The van der Waals surface area contributed by atoms with Crippen molar-refractivity contribution >= 4 is 52.2 Å². The van der Waals surface area contributed by atoms with Crippen molar-refractivity contribution < 1.29 is 23.7 Å². The first-order chi connectivity index (χ1) is 24.2. The third-order valence-corrected chi connectivity index (χ3v) is 9.46. The Morgan fingerprint density at radius 1 is 0.940 bits per heavy atom. The minimum absolute atomic E-state index is 0.255. The zero-order valence-corrected chi connectivity index (χ0v) is 30.0. The van der Waals surface area contributed by atoms with Crippen LogP contribution in [0.4, 0.5) is 5.69 Å². The monoisotopic (exact) mass is 729 g/mol. The van der Waals surface area contributed by atoms with Gasteiger partial charge in [0.1, 0.15) is 6.61 Å². The molecule has 9 nitrogen and oxygen atoms in total. The predicted octanol–water partition coefficient (Wildman–Crippen LogP) is 7.18. The van der Waals surface area contributed by atoms with Crippen molar-refractivity contribution in [3.63, 3.8) is 0 Å². The molecule has 1 aliphatic rings. The molecule has 1 aromatic heterocycles. The standard InChI is InChI=1S/C38H33Cl2N3O6S/c1-5-48-31-18-24(17-28(40)35(31)49-21-23-11-14-26(39)15-12-23)19-32-37(45)43-34(25-13-16-29(46-3)30(20-25)47-4)33(22(2)41-38(43)50-32)36(44)42-27-9-7-6-8-10-27/h6-20,34H,5,21H2,1-4H3,(H,42,44)/b32-19-/t34-/m0/s1. The second-order valence-corrected chi connectivity index (χ2v) is 13.0. The molecule has 2 heterocycles. The van der Waals surface area contributed by atoms with Crippen molar-refractivity contribution in [2.75, 3.05) is 26.1 Å². The minimum atomic E-state index is -0.817. The van der Waals surface area contributed by atoms with Crippen LogP contribution in [0.15, 0.2) is 106 Å². The summed E-state index contributed by atoms with van der Waals surface area (Å²) in [4.78, 5) is 33.5. The molecule has 0 aliphatic carbocycles. The molecule has 0 radical (unpaired) electrons. The van der Waals surface area contributed by atoms with Gasteiger partial charge in [-0.2, -0.15) is 0 Å². The largest absolute Gasteiger partial charge is 0.493 e. The van der Waals surface area contributed by atoms with E-state index < -0.39 is 6.04 Å². The minimum Gasteiger partial charge on any atom is -0.493 e. The van der Waals surface area contributed by atoms with Crippen molar-refractivity contribution in [3.8, 4) is 23.0 Å². The predicted molar refractivity (Wildman–Crippen MR) is 197 cm³/mol. The number of allylic oxidation sites excluding steroid dienone is 1. The maximum atomic E-state index is 14.3. The second kappa shape index (κ2) is 15.2. The summed E-state index contributed by atoms with van der Waals surface area (Å²) in [5.41, 5.74) is 3.27. The number of carbonyl (C=O) groups is 1. The molecule has 0 saturated heterocycles. The Kier molecular flexibility index (Phi) is 10.6. The summed E-state index contributed by atoms with van der Waals surface area (Å²) in [6.45, 7) is 4.26. The number of halogens is 2. The Labute approximate surface area is 302 Å². The van der Waals surface area contributed by atoms with E-state index in [-0.39, 0.29) is 18.1 Å². The topological polar surface area (TPSA) is 100 Å². The third-order valence-electron chi connectivity index (χ3n) is 7.95. The van der Waals surface area contributed by atoms with Gasteiger partial charge in [0.05, 0.1) is 47.7 Å². The first kappa shape index (κ1) is 34.8. The van der Waals surface area contributed by atoms with Crippen LogP contribution in [-0.2, 0) is 11.4 Å². The molecule has 1 aliphatic heterocycles. The number of amides is 1. The van der Waals surface area contributed by atoms with E-state index in [2.05, 4.69) is 5.32 Å². The molecule has 1 atom stereocenters. The van der Waals surface area contributed by atoms with Gasteiger partial charge in [-0.1, -0.05) is 70.9 Å². The Hall–Kier alpha value is -5.03. The smallest absolute Gasteiger partial charge is 0.271 e. The van der Waals surface area contributed by atoms with E-state index in [1.807, 2.05) is 43.3 Å². The van der Waals surface area contributed by atoms with Gasteiger partial charge >= 0.3 is 0 Å². The first-order valence-electron chi connectivity index (χ1n) is 15.6. The van der Waals surface area contributed by atoms with E-state index in [1.165, 1.54) is 18.4 Å². The number of thiazole rings is 1. The maximum Gasteiger partial charge on any atom is 0.271 e. The lowest BCUT2D eigenvalue weighted by Crippen LogP contribution is -2.40. The summed E-state index contributed by atoms with van der Waals surface area (Å²) in [5.74, 6) is 1.42. The zero-order valence-electron chi connectivity index (χ0n) is 27.7. The van der Waals surface area contributed by atoms with E-state index in [0.717, 1.165) is 5.56 Å². The number of rotatable bonds is 11. The number of benzene rings is 4. The molecule has 256 valence electrons. The molecular weight excluding hydrogens is 697 g/mol. The Balaban J connectivity index is 1.44. The van der Waals surface area contributed by atoms with Crippen LogP contribution in [0.3, 0.4) is 0 Å². The van der Waals surface area contributed by atoms with E-state index in [0.29, 0.717) is 77.1 Å². The number of hydrogen-bond acceptors (Lipinski definition) is 8. The highest BCUT2D eigenvalue weighted by Gasteiger charge is 2.33. The third kappa shape index (κ3) is 7.28. The van der Waals surface area contributed by atoms with Crippen molar-refractivity contribution in [1.29, 1.82) is 0 Å². The van der Waals surface area contributed by atoms with Gasteiger partial charge in [0, 0.05) is 10.7 Å². The number of hydrogen-bond donors (Lipinski definition) is 1. The number of ether oxygens (including phenoxy) is 4. The number of methoxy groups -OCH3 is 2. The zero-order chi connectivity index (χ0) is 35.4. The van der Waals surface area contributed by atoms with Gasteiger partial charge in [-0.15, -0.1) is 0 Å². The Morgan fingerprint density at radius 3 is 2.38 bits per heavy atom. The molecule has 4 aromatic carbocycles. The van der Waals surface area contributed by atoms with Gasteiger partial charge in [0.2, 0.25) is 0 Å². The Morgan fingerprint density at radius 2 is 1.68 bits per heavy atom. The number of nitrogens with one attached hydrogen (secondary N) is 1. The summed E-state index contributed by atoms with van der Waals surface area (Å²) in [5, 5.41) is 3.92. The lowest BCUT2D eigenvalue weighted by atomic mass is 9.94. The van der Waals surface area contributed by atoms with Crippen molar-refractivity contribution in [2.24, 2.45) is 4.99 Å². The van der Waals surface area contributed by atoms with Crippen LogP contribution < -0.4 is 39.2 Å². The average Bonchev–Trinajstić information content (AvgIpc) is 3.41. The summed E-state index contributed by atoms with van der Waals surface area (Å²) in [7, 11) is 3.08. The fourth-order valence-corrected chi connectivity index (χ4v) is 7.08. The normalized spacial score (nSPS) is 14.1. The van der Waals surface area contributed by atoms with E-state index in [4.69, 9.17) is 47.1 Å². The molecule has 1 amide bonds. The van der Waals surface area contributed by atoms with Crippen molar-refractivity contribution in [2.45, 2.75) is 26.5 Å². The summed E-state index contributed by atoms with van der Waals surface area (Å²) >= 11 is 14.0. The van der Waals surface area contributed by atoms with E-state index >= 15 is 0 Å². The van der Waals surface area contributed by atoms with Crippen LogP contribution in [-0.4, -0.2) is 31.3 Å². The lowest BCUT2D eigenvalue weighted by Gasteiger charge is -2.26. The highest BCUT2D eigenvalue weighted by atomic mass is 35.5. The fraction of sp³-hybridized carbons (Fsp3) is 0.184. The molecule has 12 heteroatoms. The summed E-state index contributed by atoms with van der Waals surface area (Å²) in [6.07, 6.45) is 1.73. The van der Waals surface area contributed by atoms with Crippen LogP contribution in [0, 0.1) is 0 Å². The molecule has 5 aromatic rings. The highest BCUT2D eigenvalue weighted by Crippen LogP contribution is 2.38. The molecule has 6 rings (SSSR count). The van der Waals surface area contributed by atoms with Crippen LogP contribution in [0.2, 0.25) is 10.0 Å². The fourth-order valence-electron chi connectivity index (χ4n) is 5.63. The molecule has 0 fully saturated rings. The van der Waals surface area contributed by atoms with E-state index in [9.17, 15) is 9.59 Å². The molecule has 0 saturated carbocycles. The van der Waals surface area contributed by atoms with Gasteiger partial charge in [0.15, 0.2) is 27.8 Å². The average molecular weight is 731 g/mol. The van der Waals surface area contributed by atoms with Crippen molar-refractivity contribution in [1.82, 2.24) is 4.57 Å². The molecule has 0 bridgehead atoms. The van der Waals surface area contributed by atoms with Gasteiger partial charge in [-0.25, -0.2) is 4.99 Å². The highest BCUT2D eigenvalue weighted by molar-refractivity contribution is 7.07. The van der Waals surface area contributed by atoms with Gasteiger partial charge in [-0.05, 0) is 85.1 Å². The molecule has 50 heavy (non-hydrogen) atoms. The quantitative estimate of drug-likeness (QED) is 0.155. The number of anilines is 1. The second-order valence-electron chi connectivity index (χ2n) is 11.2. The number of fused-ring (bicyclic) bond motifs is 1. The molecule has 0 spiro atoms. The van der Waals surface area contributed by atoms with Crippen LogP contribution in [0.1, 0.15) is 36.6 Å². The van der Waals surface area contributed by atoms with Crippen LogP contribution in [0.25, 0.3) is 6.08 Å². The molecule has 0 unspecified atom stereocenters.